The number of aryl methyl sites for hydroxylation is 1. The molecule has 0 saturated carbocycles. The van der Waals surface area contributed by atoms with Gasteiger partial charge in [0.05, 0.1) is 6.61 Å². The molecule has 1 aromatic rings. The van der Waals surface area contributed by atoms with Crippen molar-refractivity contribution in [3.05, 3.63) is 29.8 Å². The quantitative estimate of drug-likeness (QED) is 0.632. The van der Waals surface area contributed by atoms with Gasteiger partial charge in [-0.1, -0.05) is 39.0 Å². The van der Waals surface area contributed by atoms with Gasteiger partial charge >= 0.3 is 5.97 Å². The number of esters is 1. The number of benzene rings is 1. The van der Waals surface area contributed by atoms with Crippen LogP contribution in [0, 0.1) is 18.3 Å². The van der Waals surface area contributed by atoms with Gasteiger partial charge < -0.3 is 9.64 Å². The first-order valence-electron chi connectivity index (χ1n) is 7.20. The van der Waals surface area contributed by atoms with Crippen LogP contribution in [-0.2, 0) is 14.3 Å². The van der Waals surface area contributed by atoms with Crippen LogP contribution in [0.2, 0.25) is 0 Å². The van der Waals surface area contributed by atoms with Crippen LogP contribution in [-0.4, -0.2) is 25.5 Å². The molecule has 0 bridgehead atoms. The van der Waals surface area contributed by atoms with Crippen molar-refractivity contribution in [2.75, 3.05) is 18.6 Å². The average molecular weight is 291 g/mol. The molecule has 0 radical (unpaired) electrons. The summed E-state index contributed by atoms with van der Waals surface area (Å²) in [5.74, 6) is -1.52. The summed E-state index contributed by atoms with van der Waals surface area (Å²) < 4.78 is 5.08. The number of rotatable bonds is 4. The van der Waals surface area contributed by atoms with Crippen molar-refractivity contribution in [1.29, 1.82) is 0 Å². The summed E-state index contributed by atoms with van der Waals surface area (Å²) in [6.45, 7) is 9.57. The molecule has 0 saturated heterocycles. The van der Waals surface area contributed by atoms with Crippen LogP contribution in [0.25, 0.3) is 0 Å². The molecule has 116 valence electrons. The van der Waals surface area contributed by atoms with E-state index in [0.29, 0.717) is 0 Å². The van der Waals surface area contributed by atoms with Gasteiger partial charge in [-0.3, -0.25) is 9.59 Å². The van der Waals surface area contributed by atoms with Crippen LogP contribution in [0.5, 0.6) is 0 Å². The maximum absolute atomic E-state index is 12.8. The topological polar surface area (TPSA) is 46.6 Å². The Kier molecular flexibility index (Phi) is 5.53. The third kappa shape index (κ3) is 4.06. The Labute approximate surface area is 127 Å². The van der Waals surface area contributed by atoms with E-state index in [9.17, 15) is 9.59 Å². The van der Waals surface area contributed by atoms with Crippen LogP contribution in [0.1, 0.15) is 33.3 Å². The summed E-state index contributed by atoms with van der Waals surface area (Å²) in [6, 6.07) is 7.61. The van der Waals surface area contributed by atoms with E-state index in [4.69, 9.17) is 4.74 Å². The summed E-state index contributed by atoms with van der Waals surface area (Å²) in [5, 5.41) is 0. The van der Waals surface area contributed by atoms with Crippen molar-refractivity contribution in [3.63, 3.8) is 0 Å². The molecule has 0 aliphatic heterocycles. The van der Waals surface area contributed by atoms with Gasteiger partial charge in [-0.05, 0) is 30.9 Å². The number of ether oxygens (including phenoxy) is 1. The van der Waals surface area contributed by atoms with Crippen molar-refractivity contribution >= 4 is 17.6 Å². The fraction of sp³-hybridized carbons (Fsp3) is 0.529. The van der Waals surface area contributed by atoms with E-state index in [0.717, 1.165) is 11.3 Å². The molecule has 1 rings (SSSR count). The Morgan fingerprint density at radius 1 is 1.24 bits per heavy atom. The fourth-order valence-corrected chi connectivity index (χ4v) is 2.30. The zero-order valence-corrected chi connectivity index (χ0v) is 13.8. The van der Waals surface area contributed by atoms with E-state index in [-0.39, 0.29) is 12.5 Å². The highest BCUT2D eigenvalue weighted by Gasteiger charge is 2.40. The van der Waals surface area contributed by atoms with Crippen molar-refractivity contribution in [2.24, 2.45) is 11.3 Å². The Morgan fingerprint density at radius 3 is 2.29 bits per heavy atom. The molecule has 1 unspecified atom stereocenters. The van der Waals surface area contributed by atoms with E-state index in [1.165, 1.54) is 0 Å². The Bertz CT molecular complexity index is 517. The van der Waals surface area contributed by atoms with E-state index in [1.807, 2.05) is 52.0 Å². The molecule has 0 spiro atoms. The van der Waals surface area contributed by atoms with Crippen molar-refractivity contribution in [2.45, 2.75) is 34.6 Å². The van der Waals surface area contributed by atoms with Gasteiger partial charge in [0.25, 0.3) is 0 Å². The van der Waals surface area contributed by atoms with Crippen LogP contribution in [0.15, 0.2) is 24.3 Å². The second kappa shape index (κ2) is 6.74. The van der Waals surface area contributed by atoms with Crippen LogP contribution >= 0.6 is 0 Å². The lowest BCUT2D eigenvalue weighted by Gasteiger charge is -2.31. The smallest absolute Gasteiger partial charge is 0.319 e. The monoisotopic (exact) mass is 291 g/mol. The lowest BCUT2D eigenvalue weighted by molar-refractivity contribution is -0.155. The molecular formula is C17H25NO3. The SMILES string of the molecule is CCOC(=O)C(C(=O)N(C)c1ccccc1C)C(C)(C)C. The minimum Gasteiger partial charge on any atom is -0.465 e. The first-order valence-corrected chi connectivity index (χ1v) is 7.20. The molecule has 1 amide bonds. The Morgan fingerprint density at radius 2 is 1.81 bits per heavy atom. The normalized spacial score (nSPS) is 12.7. The van der Waals surface area contributed by atoms with Gasteiger partial charge in [-0.25, -0.2) is 0 Å². The third-order valence-electron chi connectivity index (χ3n) is 3.44. The average Bonchev–Trinajstić information content (AvgIpc) is 2.37. The number of para-hydroxylation sites is 1. The minimum absolute atomic E-state index is 0.241. The first kappa shape index (κ1) is 17.2. The molecule has 1 atom stereocenters. The number of carbonyl (C=O) groups is 2. The number of anilines is 1. The van der Waals surface area contributed by atoms with Crippen molar-refractivity contribution in [1.82, 2.24) is 0 Å². The van der Waals surface area contributed by atoms with Crippen LogP contribution in [0.3, 0.4) is 0 Å². The summed E-state index contributed by atoms with van der Waals surface area (Å²) >= 11 is 0. The summed E-state index contributed by atoms with van der Waals surface area (Å²) in [5.41, 5.74) is 1.30. The highest BCUT2D eigenvalue weighted by Crippen LogP contribution is 2.31. The Hall–Kier alpha value is -1.84. The van der Waals surface area contributed by atoms with Gasteiger partial charge in [0, 0.05) is 12.7 Å². The summed E-state index contributed by atoms with van der Waals surface area (Å²) in [6.07, 6.45) is 0. The standard InChI is InChI=1S/C17H25NO3/c1-7-21-16(20)14(17(3,4)5)15(19)18(6)13-11-9-8-10-12(13)2/h8-11,14H,7H2,1-6H3. The van der Waals surface area contributed by atoms with Gasteiger partial charge in [0.1, 0.15) is 5.92 Å². The summed E-state index contributed by atoms with van der Waals surface area (Å²) in [7, 11) is 1.70. The number of nitrogens with zero attached hydrogens (tertiary/aromatic N) is 1. The summed E-state index contributed by atoms with van der Waals surface area (Å²) in [4.78, 5) is 26.5. The maximum atomic E-state index is 12.8. The third-order valence-corrected chi connectivity index (χ3v) is 3.44. The molecule has 0 fully saturated rings. The maximum Gasteiger partial charge on any atom is 0.319 e. The number of hydrogen-bond donors (Lipinski definition) is 0. The molecule has 21 heavy (non-hydrogen) atoms. The zero-order valence-electron chi connectivity index (χ0n) is 13.8. The van der Waals surface area contributed by atoms with Gasteiger partial charge in [-0.15, -0.1) is 0 Å². The molecule has 0 aliphatic rings. The predicted molar refractivity (Wildman–Crippen MR) is 84.2 cm³/mol. The lowest BCUT2D eigenvalue weighted by atomic mass is 9.79. The largest absolute Gasteiger partial charge is 0.465 e. The molecule has 1 aromatic carbocycles. The van der Waals surface area contributed by atoms with Crippen molar-refractivity contribution in [3.8, 4) is 0 Å². The zero-order chi connectivity index (χ0) is 16.2. The molecule has 4 heteroatoms. The molecule has 0 heterocycles. The molecule has 0 N–H and O–H groups in total. The van der Waals surface area contributed by atoms with E-state index in [2.05, 4.69) is 0 Å². The van der Waals surface area contributed by atoms with Gasteiger partial charge in [0.2, 0.25) is 5.91 Å². The van der Waals surface area contributed by atoms with Crippen molar-refractivity contribution < 1.29 is 14.3 Å². The molecule has 0 aliphatic carbocycles. The second-order valence-corrected chi connectivity index (χ2v) is 6.23. The number of hydrogen-bond acceptors (Lipinski definition) is 3. The van der Waals surface area contributed by atoms with E-state index < -0.39 is 17.3 Å². The second-order valence-electron chi connectivity index (χ2n) is 6.23. The Balaban J connectivity index is 3.12. The number of carbonyl (C=O) groups excluding carboxylic acids is 2. The molecular weight excluding hydrogens is 266 g/mol. The van der Waals surface area contributed by atoms with Crippen LogP contribution < -0.4 is 4.90 Å². The first-order chi connectivity index (χ1) is 9.70. The highest BCUT2D eigenvalue weighted by atomic mass is 16.5. The highest BCUT2D eigenvalue weighted by molar-refractivity contribution is 6.06. The predicted octanol–water partition coefficient (Wildman–Crippen LogP) is 3.18. The van der Waals surface area contributed by atoms with E-state index >= 15 is 0 Å². The van der Waals surface area contributed by atoms with E-state index in [1.54, 1.807) is 18.9 Å². The fourth-order valence-electron chi connectivity index (χ4n) is 2.30. The minimum atomic E-state index is -0.818. The van der Waals surface area contributed by atoms with Gasteiger partial charge in [-0.2, -0.15) is 0 Å². The lowest BCUT2D eigenvalue weighted by Crippen LogP contribution is -2.44. The molecule has 4 nitrogen and oxygen atoms in total. The number of amides is 1. The van der Waals surface area contributed by atoms with Crippen LogP contribution in [0.4, 0.5) is 5.69 Å². The van der Waals surface area contributed by atoms with Gasteiger partial charge in [0.15, 0.2) is 0 Å². The molecule has 0 aromatic heterocycles.